The predicted molar refractivity (Wildman–Crippen MR) is 121 cm³/mol. The highest BCUT2D eigenvalue weighted by molar-refractivity contribution is 5.95. The van der Waals surface area contributed by atoms with Crippen LogP contribution in [-0.4, -0.2) is 43.7 Å². The van der Waals surface area contributed by atoms with Gasteiger partial charge in [-0.2, -0.15) is 0 Å². The Hall–Kier alpha value is -3.32. The van der Waals surface area contributed by atoms with Gasteiger partial charge < -0.3 is 20.1 Å². The molecule has 0 saturated carbocycles. The molecule has 32 heavy (non-hydrogen) atoms. The van der Waals surface area contributed by atoms with E-state index >= 15 is 0 Å². The molecule has 7 nitrogen and oxygen atoms in total. The highest BCUT2D eigenvalue weighted by Crippen LogP contribution is 2.34. The molecule has 0 spiro atoms. The maximum Gasteiger partial charge on any atom is 0.338 e. The number of benzene rings is 2. The van der Waals surface area contributed by atoms with Crippen LogP contribution in [0.15, 0.2) is 65.9 Å². The molecular weight excluding hydrogens is 406 g/mol. The lowest BCUT2D eigenvalue weighted by molar-refractivity contribution is -0.139. The average Bonchev–Trinajstić information content (AvgIpc) is 3.27. The van der Waals surface area contributed by atoms with Gasteiger partial charge in [-0.1, -0.05) is 42.5 Å². The normalized spacial score (nSPS) is 21.1. The van der Waals surface area contributed by atoms with Crippen LogP contribution >= 0.6 is 0 Å². The van der Waals surface area contributed by atoms with Crippen LogP contribution in [0.2, 0.25) is 0 Å². The van der Waals surface area contributed by atoms with E-state index in [1.54, 1.807) is 14.0 Å². The van der Waals surface area contributed by atoms with Crippen molar-refractivity contribution in [3.63, 3.8) is 0 Å². The number of nitrogens with one attached hydrogen (secondary N) is 2. The van der Waals surface area contributed by atoms with Crippen molar-refractivity contribution < 1.29 is 19.1 Å². The minimum atomic E-state index is -0.596. The third-order valence-corrected chi connectivity index (χ3v) is 6.01. The van der Waals surface area contributed by atoms with E-state index in [0.29, 0.717) is 23.6 Å². The number of nitrogens with zero attached hydrogens (tertiary/aromatic N) is 1. The maximum atomic E-state index is 13.0. The van der Waals surface area contributed by atoms with E-state index in [-0.39, 0.29) is 18.7 Å². The Labute approximate surface area is 188 Å². The molecule has 2 aromatic carbocycles. The molecule has 4 rings (SSSR count). The second kappa shape index (κ2) is 9.87. The molecule has 168 valence electrons. The molecule has 1 fully saturated rings. The fourth-order valence-electron chi connectivity index (χ4n) is 4.51. The van der Waals surface area contributed by atoms with Gasteiger partial charge in [-0.15, -0.1) is 0 Å². The Morgan fingerprint density at radius 2 is 1.84 bits per heavy atom. The van der Waals surface area contributed by atoms with Gasteiger partial charge >= 0.3 is 12.0 Å². The van der Waals surface area contributed by atoms with Crippen LogP contribution in [-0.2, 0) is 9.53 Å². The van der Waals surface area contributed by atoms with Gasteiger partial charge in [0.1, 0.15) is 5.75 Å². The molecule has 1 saturated heterocycles. The summed E-state index contributed by atoms with van der Waals surface area (Å²) in [7, 11) is 1.60. The molecule has 2 atom stereocenters. The van der Waals surface area contributed by atoms with Gasteiger partial charge in [0, 0.05) is 18.3 Å². The number of rotatable bonds is 7. The Bertz CT molecular complexity index is 988. The molecule has 0 radical (unpaired) electrons. The van der Waals surface area contributed by atoms with Gasteiger partial charge in [0.15, 0.2) is 0 Å². The number of urea groups is 1. The average molecular weight is 436 g/mol. The number of methoxy groups -OCH3 is 1. The van der Waals surface area contributed by atoms with Crippen molar-refractivity contribution in [2.45, 2.75) is 31.8 Å². The summed E-state index contributed by atoms with van der Waals surface area (Å²) in [5.74, 6) is 0.282. The quantitative estimate of drug-likeness (QED) is 0.649. The first-order valence-electron chi connectivity index (χ1n) is 11.0. The van der Waals surface area contributed by atoms with E-state index in [2.05, 4.69) is 27.7 Å². The number of esters is 1. The standard InChI is InChI=1S/C25H29N3O4/c1-3-32-24(29)22-20(16-28-15-7-10-21(28)17-8-5-4-6-9-17)26-25(30)27-23(22)18-11-13-19(31-2)14-12-18/h4-6,8-9,11-14,21,23H,3,7,10,15-16H2,1-2H3,(H2,26,27,30)/t21-,23+/m1/s1. The summed E-state index contributed by atoms with van der Waals surface area (Å²) in [5.41, 5.74) is 3.07. The summed E-state index contributed by atoms with van der Waals surface area (Å²) in [6, 6.07) is 17.0. The van der Waals surface area contributed by atoms with Crippen molar-refractivity contribution in [3.8, 4) is 5.75 Å². The van der Waals surface area contributed by atoms with Gasteiger partial charge in [-0.05, 0) is 49.6 Å². The molecular formula is C25H29N3O4. The minimum absolute atomic E-state index is 0.248. The molecule has 2 aliphatic heterocycles. The molecule has 2 N–H and O–H groups in total. The highest BCUT2D eigenvalue weighted by Gasteiger charge is 2.36. The fourth-order valence-corrected chi connectivity index (χ4v) is 4.51. The SMILES string of the molecule is CCOC(=O)C1=C(CN2CCC[C@@H]2c2ccccc2)NC(=O)N[C@H]1c1ccc(OC)cc1. The maximum absolute atomic E-state index is 13.0. The summed E-state index contributed by atoms with van der Waals surface area (Å²) in [6.07, 6.45) is 2.11. The van der Waals surface area contributed by atoms with Gasteiger partial charge in [-0.3, -0.25) is 4.90 Å². The number of hydrogen-bond acceptors (Lipinski definition) is 5. The van der Waals surface area contributed by atoms with E-state index in [4.69, 9.17) is 9.47 Å². The largest absolute Gasteiger partial charge is 0.497 e. The van der Waals surface area contributed by atoms with E-state index in [1.807, 2.05) is 42.5 Å². The first-order valence-corrected chi connectivity index (χ1v) is 11.0. The second-order valence-corrected chi connectivity index (χ2v) is 7.96. The van der Waals surface area contributed by atoms with Crippen LogP contribution in [0.25, 0.3) is 0 Å². The second-order valence-electron chi connectivity index (χ2n) is 7.96. The third-order valence-electron chi connectivity index (χ3n) is 6.01. The van der Waals surface area contributed by atoms with Gasteiger partial charge in [0.05, 0.1) is 25.3 Å². The summed E-state index contributed by atoms with van der Waals surface area (Å²) < 4.78 is 10.6. The van der Waals surface area contributed by atoms with Crippen LogP contribution in [0.3, 0.4) is 0 Å². The van der Waals surface area contributed by atoms with E-state index < -0.39 is 12.0 Å². The first kappa shape index (κ1) is 21.9. The van der Waals surface area contributed by atoms with Crippen molar-refractivity contribution in [2.24, 2.45) is 0 Å². The van der Waals surface area contributed by atoms with Gasteiger partial charge in [0.25, 0.3) is 0 Å². The van der Waals surface area contributed by atoms with E-state index in [9.17, 15) is 9.59 Å². The van der Waals surface area contributed by atoms with Crippen LogP contribution in [0.1, 0.15) is 43.0 Å². The zero-order chi connectivity index (χ0) is 22.5. The van der Waals surface area contributed by atoms with Crippen LogP contribution in [0, 0.1) is 0 Å². The highest BCUT2D eigenvalue weighted by atomic mass is 16.5. The Kier molecular flexibility index (Phi) is 6.75. The van der Waals surface area contributed by atoms with E-state index in [0.717, 1.165) is 24.9 Å². The number of likely N-dealkylation sites (tertiary alicyclic amines) is 1. The van der Waals surface area contributed by atoms with Crippen molar-refractivity contribution in [3.05, 3.63) is 77.0 Å². The molecule has 0 bridgehead atoms. The summed E-state index contributed by atoms with van der Waals surface area (Å²) in [4.78, 5) is 27.9. The summed E-state index contributed by atoms with van der Waals surface area (Å²) in [6.45, 7) is 3.40. The number of ether oxygens (including phenoxy) is 2. The van der Waals surface area contributed by atoms with Crippen molar-refractivity contribution in [1.29, 1.82) is 0 Å². The topological polar surface area (TPSA) is 79.9 Å². The molecule has 2 heterocycles. The zero-order valence-corrected chi connectivity index (χ0v) is 18.5. The minimum Gasteiger partial charge on any atom is -0.497 e. The van der Waals surface area contributed by atoms with Gasteiger partial charge in [-0.25, -0.2) is 9.59 Å². The molecule has 2 amide bonds. The first-order chi connectivity index (χ1) is 15.6. The monoisotopic (exact) mass is 435 g/mol. The lowest BCUT2D eigenvalue weighted by atomic mass is 9.94. The third kappa shape index (κ3) is 4.62. The number of carbonyl (C=O) groups is 2. The smallest absolute Gasteiger partial charge is 0.338 e. The Morgan fingerprint density at radius 1 is 1.09 bits per heavy atom. The van der Waals surface area contributed by atoms with Crippen LogP contribution in [0.5, 0.6) is 5.75 Å². The lowest BCUT2D eigenvalue weighted by Crippen LogP contribution is -2.48. The Morgan fingerprint density at radius 3 is 2.53 bits per heavy atom. The van der Waals surface area contributed by atoms with Crippen molar-refractivity contribution in [2.75, 3.05) is 26.8 Å². The molecule has 0 aliphatic carbocycles. The number of hydrogen-bond donors (Lipinski definition) is 2. The number of carbonyl (C=O) groups excluding carboxylic acids is 2. The predicted octanol–water partition coefficient (Wildman–Crippen LogP) is 3.70. The Balaban J connectivity index is 1.69. The van der Waals surface area contributed by atoms with Crippen molar-refractivity contribution in [1.82, 2.24) is 15.5 Å². The summed E-state index contributed by atoms with van der Waals surface area (Å²) >= 11 is 0. The lowest BCUT2D eigenvalue weighted by Gasteiger charge is -2.33. The zero-order valence-electron chi connectivity index (χ0n) is 18.5. The molecule has 7 heteroatoms. The molecule has 0 unspecified atom stereocenters. The van der Waals surface area contributed by atoms with Crippen LogP contribution < -0.4 is 15.4 Å². The molecule has 0 aromatic heterocycles. The van der Waals surface area contributed by atoms with Crippen LogP contribution in [0.4, 0.5) is 4.79 Å². The van der Waals surface area contributed by atoms with Crippen molar-refractivity contribution >= 4 is 12.0 Å². The molecule has 2 aromatic rings. The molecule has 2 aliphatic rings. The fraction of sp³-hybridized carbons (Fsp3) is 0.360. The summed E-state index contributed by atoms with van der Waals surface area (Å²) in [5, 5.41) is 5.78. The van der Waals surface area contributed by atoms with Gasteiger partial charge in [0.2, 0.25) is 0 Å². The van der Waals surface area contributed by atoms with E-state index in [1.165, 1.54) is 5.56 Å². The number of amides is 2.